The Hall–Kier alpha value is -3.72. The van der Waals surface area contributed by atoms with Gasteiger partial charge in [-0.15, -0.1) is 11.3 Å². The highest BCUT2D eigenvalue weighted by atomic mass is 32.1. The number of carbonyl (C=O) groups is 2. The Kier molecular flexibility index (Phi) is 6.76. The lowest BCUT2D eigenvalue weighted by Crippen LogP contribution is -2.45. The van der Waals surface area contributed by atoms with Crippen molar-refractivity contribution in [2.45, 2.75) is 32.0 Å². The molecule has 182 valence electrons. The molecule has 2 aromatic carbocycles. The van der Waals surface area contributed by atoms with Gasteiger partial charge in [0.1, 0.15) is 12.3 Å². The largest absolute Gasteiger partial charge is 0.497 e. The Morgan fingerprint density at radius 1 is 1.06 bits per heavy atom. The van der Waals surface area contributed by atoms with E-state index in [1.165, 1.54) is 0 Å². The Bertz CT molecular complexity index is 1180. The van der Waals surface area contributed by atoms with E-state index in [2.05, 4.69) is 5.32 Å². The van der Waals surface area contributed by atoms with Crippen LogP contribution in [-0.2, 0) is 17.9 Å². The summed E-state index contributed by atoms with van der Waals surface area (Å²) in [6.45, 7) is 1.11. The van der Waals surface area contributed by atoms with Crippen molar-refractivity contribution in [1.82, 2.24) is 9.80 Å². The molecule has 5 rings (SSSR count). The molecule has 2 aliphatic rings. The topological polar surface area (TPSA) is 80.3 Å². The SMILES string of the molecule is COc1ccc(NC(=O)N(CC(=O)N(Cc2ccc3c(c2)OCO3)Cc2cccs2)C2CC2)cc1. The van der Waals surface area contributed by atoms with Crippen LogP contribution in [0, 0.1) is 0 Å². The number of fused-ring (bicyclic) bond motifs is 1. The quantitative estimate of drug-likeness (QED) is 0.467. The molecule has 0 bridgehead atoms. The van der Waals surface area contributed by atoms with Gasteiger partial charge >= 0.3 is 6.03 Å². The standard InChI is InChI=1S/C26H27N3O5S/c1-32-21-9-5-19(6-10-21)27-26(31)29(20-7-8-20)16-25(30)28(15-22-3-2-12-35-22)14-18-4-11-23-24(13-18)34-17-33-23/h2-6,9-13,20H,7-8,14-17H2,1H3,(H,27,31). The van der Waals surface area contributed by atoms with Crippen molar-refractivity contribution >= 4 is 29.0 Å². The van der Waals surface area contributed by atoms with E-state index in [1.54, 1.807) is 52.5 Å². The van der Waals surface area contributed by atoms with Gasteiger partial charge in [-0.1, -0.05) is 12.1 Å². The van der Waals surface area contributed by atoms with Gasteiger partial charge in [-0.2, -0.15) is 0 Å². The molecular weight excluding hydrogens is 466 g/mol. The van der Waals surface area contributed by atoms with E-state index in [4.69, 9.17) is 14.2 Å². The molecule has 3 aromatic rings. The first kappa shape index (κ1) is 23.0. The average Bonchev–Trinajstić information content (AvgIpc) is 3.36. The molecule has 9 heteroatoms. The summed E-state index contributed by atoms with van der Waals surface area (Å²) in [6.07, 6.45) is 1.80. The molecule has 0 radical (unpaired) electrons. The molecule has 8 nitrogen and oxygen atoms in total. The maximum absolute atomic E-state index is 13.5. The summed E-state index contributed by atoms with van der Waals surface area (Å²) in [5, 5.41) is 4.91. The zero-order chi connectivity index (χ0) is 24.2. The molecule has 1 aliphatic carbocycles. The second kappa shape index (κ2) is 10.3. The molecule has 0 saturated heterocycles. The number of rotatable bonds is 9. The summed E-state index contributed by atoms with van der Waals surface area (Å²) in [4.78, 5) is 31.1. The van der Waals surface area contributed by atoms with E-state index in [0.29, 0.717) is 36.0 Å². The first-order valence-electron chi connectivity index (χ1n) is 11.5. The van der Waals surface area contributed by atoms with Gasteiger partial charge in [0.2, 0.25) is 12.7 Å². The molecule has 0 unspecified atom stereocenters. The minimum atomic E-state index is -0.273. The third-order valence-corrected chi connectivity index (χ3v) is 6.85. The van der Waals surface area contributed by atoms with E-state index in [-0.39, 0.29) is 31.3 Å². The van der Waals surface area contributed by atoms with Crippen molar-refractivity contribution in [3.05, 3.63) is 70.4 Å². The number of anilines is 1. The fourth-order valence-corrected chi connectivity index (χ4v) is 4.67. The van der Waals surface area contributed by atoms with Crippen LogP contribution in [0.5, 0.6) is 17.2 Å². The maximum Gasteiger partial charge on any atom is 0.322 e. The second-order valence-corrected chi connectivity index (χ2v) is 9.57. The Balaban J connectivity index is 1.30. The second-order valence-electron chi connectivity index (χ2n) is 8.53. The lowest BCUT2D eigenvalue weighted by Gasteiger charge is -2.28. The summed E-state index contributed by atoms with van der Waals surface area (Å²) >= 11 is 1.61. The molecule has 1 N–H and O–H groups in total. The number of benzene rings is 2. The molecule has 2 heterocycles. The first-order valence-corrected chi connectivity index (χ1v) is 12.4. The van der Waals surface area contributed by atoms with Gasteiger partial charge in [-0.3, -0.25) is 4.79 Å². The average molecular weight is 494 g/mol. The van der Waals surface area contributed by atoms with Crippen LogP contribution in [0.4, 0.5) is 10.5 Å². The summed E-state index contributed by atoms with van der Waals surface area (Å²) in [5.74, 6) is 2.00. The van der Waals surface area contributed by atoms with Crippen LogP contribution in [0.3, 0.4) is 0 Å². The first-order chi connectivity index (χ1) is 17.1. The molecule has 3 amide bonds. The van der Waals surface area contributed by atoms with Crippen LogP contribution in [0.1, 0.15) is 23.3 Å². The van der Waals surface area contributed by atoms with Crippen LogP contribution in [0.2, 0.25) is 0 Å². The fraction of sp³-hybridized carbons (Fsp3) is 0.308. The van der Waals surface area contributed by atoms with E-state index in [0.717, 1.165) is 23.3 Å². The van der Waals surface area contributed by atoms with Crippen LogP contribution in [0.15, 0.2) is 60.0 Å². The molecule has 1 aliphatic heterocycles. The molecule has 1 fully saturated rings. The van der Waals surface area contributed by atoms with Crippen LogP contribution in [-0.4, -0.2) is 48.2 Å². The number of ether oxygens (including phenoxy) is 3. The molecular formula is C26H27N3O5S. The predicted molar refractivity (Wildman–Crippen MR) is 133 cm³/mol. The number of thiophene rings is 1. The van der Waals surface area contributed by atoms with Crippen molar-refractivity contribution in [1.29, 1.82) is 0 Å². The summed E-state index contributed by atoms with van der Waals surface area (Å²) in [6, 6.07) is 16.7. The van der Waals surface area contributed by atoms with E-state index in [1.807, 2.05) is 35.7 Å². The molecule has 1 saturated carbocycles. The van der Waals surface area contributed by atoms with Crippen molar-refractivity contribution in [2.24, 2.45) is 0 Å². The minimum absolute atomic E-state index is 0.0165. The number of hydrogen-bond donors (Lipinski definition) is 1. The van der Waals surface area contributed by atoms with Crippen molar-refractivity contribution < 1.29 is 23.8 Å². The normalized spacial score (nSPS) is 13.9. The lowest BCUT2D eigenvalue weighted by atomic mass is 10.2. The van der Waals surface area contributed by atoms with Crippen LogP contribution in [0.25, 0.3) is 0 Å². The molecule has 0 atom stereocenters. The van der Waals surface area contributed by atoms with Gasteiger partial charge in [0.05, 0.1) is 13.7 Å². The zero-order valence-corrected chi connectivity index (χ0v) is 20.3. The summed E-state index contributed by atoms with van der Waals surface area (Å²) in [5.41, 5.74) is 1.60. The third kappa shape index (κ3) is 5.68. The van der Waals surface area contributed by atoms with Crippen molar-refractivity contribution in [2.75, 3.05) is 25.8 Å². The van der Waals surface area contributed by atoms with Gasteiger partial charge < -0.3 is 29.3 Å². The Morgan fingerprint density at radius 2 is 1.86 bits per heavy atom. The highest BCUT2D eigenvalue weighted by Crippen LogP contribution is 2.33. The monoisotopic (exact) mass is 493 g/mol. The van der Waals surface area contributed by atoms with Crippen molar-refractivity contribution in [3.8, 4) is 17.2 Å². The number of urea groups is 1. The van der Waals surface area contributed by atoms with E-state index in [9.17, 15) is 9.59 Å². The van der Waals surface area contributed by atoms with E-state index < -0.39 is 0 Å². The number of nitrogens with one attached hydrogen (secondary N) is 1. The number of methoxy groups -OCH3 is 1. The highest BCUT2D eigenvalue weighted by molar-refractivity contribution is 7.09. The fourth-order valence-electron chi connectivity index (χ4n) is 3.95. The van der Waals surface area contributed by atoms with Gasteiger partial charge in [-0.25, -0.2) is 4.79 Å². The number of amides is 3. The smallest absolute Gasteiger partial charge is 0.322 e. The van der Waals surface area contributed by atoms with Crippen LogP contribution < -0.4 is 19.5 Å². The van der Waals surface area contributed by atoms with Crippen molar-refractivity contribution in [3.63, 3.8) is 0 Å². The Labute approximate surface area is 208 Å². The predicted octanol–water partition coefficient (Wildman–Crippen LogP) is 4.71. The third-order valence-electron chi connectivity index (χ3n) is 5.99. The lowest BCUT2D eigenvalue weighted by molar-refractivity contribution is -0.133. The number of hydrogen-bond acceptors (Lipinski definition) is 6. The number of carbonyl (C=O) groups excluding carboxylic acids is 2. The summed E-state index contributed by atoms with van der Waals surface area (Å²) < 4.78 is 16.1. The van der Waals surface area contributed by atoms with Gasteiger partial charge in [0.15, 0.2) is 11.5 Å². The van der Waals surface area contributed by atoms with Gasteiger partial charge in [0, 0.05) is 23.2 Å². The maximum atomic E-state index is 13.5. The number of nitrogens with zero attached hydrogens (tertiary/aromatic N) is 2. The Morgan fingerprint density at radius 3 is 2.57 bits per heavy atom. The van der Waals surface area contributed by atoms with Gasteiger partial charge in [0.25, 0.3) is 0 Å². The highest BCUT2D eigenvalue weighted by Gasteiger charge is 2.35. The van der Waals surface area contributed by atoms with Crippen LogP contribution >= 0.6 is 11.3 Å². The molecule has 0 spiro atoms. The van der Waals surface area contributed by atoms with Gasteiger partial charge in [-0.05, 0) is 66.2 Å². The molecule has 35 heavy (non-hydrogen) atoms. The zero-order valence-electron chi connectivity index (χ0n) is 19.4. The minimum Gasteiger partial charge on any atom is -0.497 e. The molecule has 1 aromatic heterocycles. The van der Waals surface area contributed by atoms with E-state index >= 15 is 0 Å². The summed E-state index contributed by atoms with van der Waals surface area (Å²) in [7, 11) is 1.60.